The molecule has 0 bridgehead atoms. The summed E-state index contributed by atoms with van der Waals surface area (Å²) >= 11 is 0. The minimum Gasteiger partial charge on any atom is -0.480 e. The molecular formula is C31H41NO10. The number of carboxylic acid groups (broad SMARTS) is 1. The molecule has 11 heteroatoms. The fraction of sp³-hybridized carbons (Fsp3) is 0.484. The van der Waals surface area contributed by atoms with Gasteiger partial charge in [0.25, 0.3) is 0 Å². The molecular weight excluding hydrogens is 546 g/mol. The van der Waals surface area contributed by atoms with Gasteiger partial charge in [0.1, 0.15) is 11.6 Å². The van der Waals surface area contributed by atoms with Crippen molar-refractivity contribution in [3.8, 4) is 11.5 Å². The summed E-state index contributed by atoms with van der Waals surface area (Å²) in [4.78, 5) is 49.3. The molecule has 0 spiro atoms. The van der Waals surface area contributed by atoms with Crippen LogP contribution in [-0.2, 0) is 25.4 Å². The van der Waals surface area contributed by atoms with Crippen molar-refractivity contribution in [1.29, 1.82) is 0 Å². The van der Waals surface area contributed by atoms with Crippen molar-refractivity contribution in [2.75, 3.05) is 13.2 Å². The Morgan fingerprint density at radius 2 is 1.36 bits per heavy atom. The molecule has 3 N–H and O–H groups in total. The van der Waals surface area contributed by atoms with E-state index >= 15 is 0 Å². The molecule has 230 valence electrons. The molecule has 0 aliphatic rings. The van der Waals surface area contributed by atoms with Gasteiger partial charge in [-0.15, -0.1) is 0 Å². The number of rotatable bonds is 15. The Hall–Kier alpha value is -4.12. The molecule has 11 nitrogen and oxygen atoms in total. The number of carbonyl (C=O) groups is 4. The van der Waals surface area contributed by atoms with Crippen LogP contribution >= 0.6 is 0 Å². The third-order valence-corrected chi connectivity index (χ3v) is 6.14. The maximum absolute atomic E-state index is 12.4. The van der Waals surface area contributed by atoms with Gasteiger partial charge in [-0.05, 0) is 61.4 Å². The number of carboxylic acids is 1. The first-order valence-corrected chi connectivity index (χ1v) is 13.9. The molecule has 0 heterocycles. The molecule has 0 aliphatic carbocycles. The Labute approximate surface area is 246 Å². The zero-order valence-electron chi connectivity index (χ0n) is 24.8. The van der Waals surface area contributed by atoms with Crippen LogP contribution in [0.4, 0.5) is 9.59 Å². The lowest BCUT2D eigenvalue weighted by molar-refractivity contribution is -0.144. The summed E-state index contributed by atoms with van der Waals surface area (Å²) in [6.07, 6.45) is -2.05. The molecule has 0 radical (unpaired) electrons. The van der Waals surface area contributed by atoms with E-state index in [0.29, 0.717) is 35.8 Å². The van der Waals surface area contributed by atoms with E-state index in [0.717, 1.165) is 0 Å². The highest BCUT2D eigenvalue weighted by Crippen LogP contribution is 2.31. The Morgan fingerprint density at radius 1 is 0.810 bits per heavy atom. The number of benzene rings is 2. The molecule has 2 atom stereocenters. The summed E-state index contributed by atoms with van der Waals surface area (Å²) in [5.41, 5.74) is 5.12. The van der Waals surface area contributed by atoms with Gasteiger partial charge in [-0.25, -0.2) is 14.4 Å². The molecule has 0 aliphatic heterocycles. The zero-order valence-corrected chi connectivity index (χ0v) is 24.8. The summed E-state index contributed by atoms with van der Waals surface area (Å²) in [6.45, 7) is 9.71. The Kier molecular flexibility index (Phi) is 13.3. The molecule has 2 aromatic rings. The zero-order chi connectivity index (χ0) is 31.3. The first-order valence-electron chi connectivity index (χ1n) is 13.9. The maximum atomic E-state index is 12.4. The molecule has 1 unspecified atom stereocenters. The molecule has 2 aromatic carbocycles. The molecule has 0 saturated heterocycles. The van der Waals surface area contributed by atoms with E-state index in [1.165, 1.54) is 18.2 Å². The van der Waals surface area contributed by atoms with Crippen LogP contribution in [0.15, 0.2) is 48.5 Å². The summed E-state index contributed by atoms with van der Waals surface area (Å²) in [6, 6.07) is 12.5. The largest absolute Gasteiger partial charge is 0.513 e. The number of hydrogen-bond donors (Lipinski definition) is 2. The average molecular weight is 588 g/mol. The van der Waals surface area contributed by atoms with Crippen LogP contribution in [0.25, 0.3) is 0 Å². The van der Waals surface area contributed by atoms with E-state index in [-0.39, 0.29) is 37.6 Å². The predicted molar refractivity (Wildman–Crippen MR) is 153 cm³/mol. The van der Waals surface area contributed by atoms with Crippen molar-refractivity contribution in [2.45, 2.75) is 71.9 Å². The second-order valence-corrected chi connectivity index (χ2v) is 11.0. The number of ether oxygens (including phenoxy) is 5. The van der Waals surface area contributed by atoms with Crippen molar-refractivity contribution >= 4 is 24.2 Å². The van der Waals surface area contributed by atoms with Crippen molar-refractivity contribution in [3.63, 3.8) is 0 Å². The predicted octanol–water partition coefficient (Wildman–Crippen LogP) is 5.77. The third-order valence-electron chi connectivity index (χ3n) is 6.14. The third kappa shape index (κ3) is 11.8. The second kappa shape index (κ2) is 16.4. The summed E-state index contributed by atoms with van der Waals surface area (Å²) in [7, 11) is 0. The van der Waals surface area contributed by atoms with Gasteiger partial charge in [0.05, 0.1) is 18.8 Å². The quantitative estimate of drug-likeness (QED) is 0.148. The lowest BCUT2D eigenvalue weighted by Crippen LogP contribution is -2.52. The minimum atomic E-state index is -1.86. The topological polar surface area (TPSA) is 161 Å². The Morgan fingerprint density at radius 3 is 1.88 bits per heavy atom. The first kappa shape index (κ1) is 34.1. The highest BCUT2D eigenvalue weighted by atomic mass is 16.7. The number of aliphatic carboxylic acids is 1. The number of nitrogens with two attached hydrogens (primary N) is 1. The van der Waals surface area contributed by atoms with Crippen LogP contribution in [0.5, 0.6) is 11.5 Å². The number of hydrogen-bond acceptors (Lipinski definition) is 10. The van der Waals surface area contributed by atoms with Crippen LogP contribution in [0.3, 0.4) is 0 Å². The highest BCUT2D eigenvalue weighted by Gasteiger charge is 2.37. The van der Waals surface area contributed by atoms with E-state index in [1.807, 2.05) is 27.7 Å². The summed E-state index contributed by atoms with van der Waals surface area (Å²) in [5, 5.41) is 9.99. The first-order chi connectivity index (χ1) is 19.8. The molecule has 0 saturated carbocycles. The van der Waals surface area contributed by atoms with Crippen LogP contribution < -0.4 is 15.2 Å². The van der Waals surface area contributed by atoms with Crippen molar-refractivity contribution in [3.05, 3.63) is 59.7 Å². The normalized spacial score (nSPS) is 13.1. The monoisotopic (exact) mass is 587 g/mol. The summed E-state index contributed by atoms with van der Waals surface area (Å²) in [5.74, 6) is -1.63. The Bertz CT molecular complexity index is 1200. The van der Waals surface area contributed by atoms with Crippen molar-refractivity contribution in [1.82, 2.24) is 0 Å². The van der Waals surface area contributed by atoms with Crippen LogP contribution in [-0.4, -0.2) is 54.2 Å². The molecule has 0 aromatic heterocycles. The van der Waals surface area contributed by atoms with Crippen molar-refractivity contribution in [2.24, 2.45) is 17.6 Å². The SMILES string of the molecule is CC(C)CCOC(=O)Oc1ccc(CC(N)(C[C@H](C)OC(=O)c2ccccc2)C(=O)O)cc1OC(=O)OCCC(C)C. The van der Waals surface area contributed by atoms with Crippen LogP contribution in [0.2, 0.25) is 0 Å². The van der Waals surface area contributed by atoms with E-state index in [9.17, 15) is 24.3 Å². The van der Waals surface area contributed by atoms with Gasteiger partial charge in [-0.2, -0.15) is 0 Å². The van der Waals surface area contributed by atoms with E-state index < -0.39 is 35.9 Å². The fourth-order valence-electron chi connectivity index (χ4n) is 3.80. The fourth-order valence-corrected chi connectivity index (χ4v) is 3.80. The van der Waals surface area contributed by atoms with Gasteiger partial charge in [0, 0.05) is 12.8 Å². The van der Waals surface area contributed by atoms with Gasteiger partial charge in [0.2, 0.25) is 0 Å². The molecule has 0 fully saturated rings. The lowest BCUT2D eigenvalue weighted by Gasteiger charge is -2.28. The van der Waals surface area contributed by atoms with Gasteiger partial charge < -0.3 is 34.5 Å². The summed E-state index contributed by atoms with van der Waals surface area (Å²) < 4.78 is 26.2. The van der Waals surface area contributed by atoms with Gasteiger partial charge >= 0.3 is 24.2 Å². The standard InChI is InChI=1S/C31H41NO10/c1-20(2)13-15-38-29(36)41-25-12-11-23(17-26(25)42-30(37)39-16-14-21(3)4)19-31(32,28(34)35)18-22(5)40-27(33)24-9-7-6-8-10-24/h6-12,17,20-22H,13-16,18-19,32H2,1-5H3,(H,34,35)/t22-,31?/m0/s1. The smallest absolute Gasteiger partial charge is 0.480 e. The Balaban J connectivity index is 2.21. The molecule has 0 amide bonds. The van der Waals surface area contributed by atoms with Crippen LogP contribution in [0, 0.1) is 11.8 Å². The van der Waals surface area contributed by atoms with Gasteiger partial charge in [-0.1, -0.05) is 52.0 Å². The van der Waals surface area contributed by atoms with Gasteiger partial charge in [0.15, 0.2) is 11.5 Å². The van der Waals surface area contributed by atoms with E-state index in [2.05, 4.69) is 0 Å². The van der Waals surface area contributed by atoms with Gasteiger partial charge in [-0.3, -0.25) is 4.79 Å². The minimum absolute atomic E-state index is 0.119. The lowest BCUT2D eigenvalue weighted by atomic mass is 9.86. The van der Waals surface area contributed by atoms with Crippen LogP contribution in [0.1, 0.15) is 69.8 Å². The maximum Gasteiger partial charge on any atom is 0.513 e. The highest BCUT2D eigenvalue weighted by molar-refractivity contribution is 5.89. The van der Waals surface area contributed by atoms with Crippen molar-refractivity contribution < 1.29 is 48.0 Å². The number of esters is 1. The second-order valence-electron chi connectivity index (χ2n) is 11.0. The molecule has 42 heavy (non-hydrogen) atoms. The number of carbonyl (C=O) groups excluding carboxylic acids is 3. The average Bonchev–Trinajstić information content (AvgIpc) is 2.90. The van der Waals surface area contributed by atoms with E-state index in [4.69, 9.17) is 29.4 Å². The molecule has 2 rings (SSSR count). The van der Waals surface area contributed by atoms with E-state index in [1.54, 1.807) is 37.3 Å².